The van der Waals surface area contributed by atoms with E-state index in [-0.39, 0.29) is 49.6 Å². The highest BCUT2D eigenvalue weighted by molar-refractivity contribution is 6.08. The Hall–Kier alpha value is -6.78. The predicted molar refractivity (Wildman–Crippen MR) is 209 cm³/mol. The molecule has 2 fully saturated rings. The number of pyridine rings is 3. The second-order valence-electron chi connectivity index (χ2n) is 14.3. The third-order valence-corrected chi connectivity index (χ3v) is 10.6. The molecular formula is C44H38N6O7. The molecule has 2 aliphatic heterocycles. The van der Waals surface area contributed by atoms with E-state index in [1.165, 1.54) is 7.05 Å². The minimum Gasteiger partial charge on any atom is -0.491 e. The molecule has 13 heteroatoms. The van der Waals surface area contributed by atoms with Gasteiger partial charge in [-0.15, -0.1) is 0 Å². The van der Waals surface area contributed by atoms with Crippen molar-refractivity contribution in [1.82, 2.24) is 29.7 Å². The van der Waals surface area contributed by atoms with Crippen LogP contribution >= 0.6 is 0 Å². The Kier molecular flexibility index (Phi) is 9.69. The summed E-state index contributed by atoms with van der Waals surface area (Å²) in [7, 11) is 1.46. The highest BCUT2D eigenvalue weighted by Gasteiger charge is 2.41. The number of nitrogens with zero attached hydrogens (tertiary/aromatic N) is 5. The smallest absolute Gasteiger partial charge is 0.255 e. The van der Waals surface area contributed by atoms with Crippen LogP contribution in [0.2, 0.25) is 0 Å². The van der Waals surface area contributed by atoms with Crippen LogP contribution in [0.1, 0.15) is 47.3 Å². The summed E-state index contributed by atoms with van der Waals surface area (Å²) in [6, 6.07) is 20.6. The number of nitrogens with one attached hydrogen (secondary N) is 1. The minimum atomic E-state index is -0.636. The number of imide groups is 1. The van der Waals surface area contributed by atoms with Gasteiger partial charge in [0.1, 0.15) is 48.7 Å². The van der Waals surface area contributed by atoms with Gasteiger partial charge in [0.25, 0.3) is 11.8 Å². The lowest BCUT2D eigenvalue weighted by Gasteiger charge is -2.34. The van der Waals surface area contributed by atoms with Crippen LogP contribution in [-0.4, -0.2) is 92.6 Å². The van der Waals surface area contributed by atoms with Gasteiger partial charge in [0.2, 0.25) is 11.8 Å². The van der Waals surface area contributed by atoms with E-state index in [2.05, 4.69) is 50.0 Å². The lowest BCUT2D eigenvalue weighted by atomic mass is 9.92. The number of hydrogen-bond acceptors (Lipinski definition) is 10. The fourth-order valence-electron chi connectivity index (χ4n) is 7.44. The minimum absolute atomic E-state index is 0.0355. The summed E-state index contributed by atoms with van der Waals surface area (Å²) < 4.78 is 23.6. The van der Waals surface area contributed by atoms with Crippen LogP contribution in [0.5, 0.6) is 17.4 Å². The number of amides is 3. The van der Waals surface area contributed by atoms with Crippen molar-refractivity contribution in [3.05, 3.63) is 108 Å². The molecule has 3 amide bonds. The van der Waals surface area contributed by atoms with Crippen LogP contribution in [0.15, 0.2) is 91.5 Å². The second-order valence-corrected chi connectivity index (χ2v) is 14.3. The third kappa shape index (κ3) is 7.47. The van der Waals surface area contributed by atoms with Gasteiger partial charge in [-0.05, 0) is 65.9 Å². The maximum atomic E-state index is 13.1. The molecule has 57 heavy (non-hydrogen) atoms. The standard InChI is InChI=1S/C44H38N6O7/c1-49-42(51)13-11-40(44(49)53)50-26-29-4-8-31(22-36(29)43(50)52)55-18-17-54-16-2-3-30-7-9-32(24-46-30)56-33-20-34(21-33)57-41-12-6-28(23-47-41)27-5-10-35-37-25-45-15-14-38(37)48-39(35)19-27/h4-10,12,14-15,19,22-25,33-34,40,48H,11,13,16-18,20-21,26H2,1H3. The van der Waals surface area contributed by atoms with Crippen molar-refractivity contribution in [3.63, 3.8) is 0 Å². The predicted octanol–water partition coefficient (Wildman–Crippen LogP) is 5.71. The molecule has 2 aromatic carbocycles. The van der Waals surface area contributed by atoms with Gasteiger partial charge in [0.15, 0.2) is 0 Å². The number of carbonyl (C=O) groups excluding carboxylic acids is 3. The van der Waals surface area contributed by atoms with Gasteiger partial charge in [0.05, 0.1) is 12.8 Å². The summed E-state index contributed by atoms with van der Waals surface area (Å²) in [6.45, 7) is 1.11. The fourth-order valence-corrected chi connectivity index (χ4v) is 7.44. The third-order valence-electron chi connectivity index (χ3n) is 10.6. The first kappa shape index (κ1) is 35.9. The number of likely N-dealkylation sites (N-methyl/N-ethyl adjacent to an activating group) is 1. The SMILES string of the molecule is CN1C(=O)CCC(N2Cc3ccc(OCCOCC#Cc4ccc(OC5CC(Oc6ccc(-c7ccc8c(c7)[nH]c7ccncc78)cn6)C5)cn4)cc3C2=O)C1=O. The average molecular weight is 763 g/mol. The summed E-state index contributed by atoms with van der Waals surface area (Å²) >= 11 is 0. The van der Waals surface area contributed by atoms with E-state index in [0.29, 0.717) is 48.2 Å². The van der Waals surface area contributed by atoms with Crippen LogP contribution in [0.3, 0.4) is 0 Å². The molecule has 1 N–H and O–H groups in total. The Balaban J connectivity index is 0.674. The maximum Gasteiger partial charge on any atom is 0.255 e. The number of ether oxygens (including phenoxy) is 4. The van der Waals surface area contributed by atoms with Crippen molar-refractivity contribution in [2.24, 2.45) is 0 Å². The summed E-state index contributed by atoms with van der Waals surface area (Å²) in [5, 5.41) is 2.26. The number of H-pyrrole nitrogens is 1. The number of aromatic nitrogens is 4. The van der Waals surface area contributed by atoms with Crippen molar-refractivity contribution >= 4 is 39.5 Å². The van der Waals surface area contributed by atoms with Crippen LogP contribution in [0, 0.1) is 11.8 Å². The summed E-state index contributed by atoms with van der Waals surface area (Å²) in [4.78, 5) is 57.0. The van der Waals surface area contributed by atoms with Crippen LogP contribution in [0.25, 0.3) is 32.9 Å². The summed E-state index contributed by atoms with van der Waals surface area (Å²) in [5.74, 6) is 6.96. The van der Waals surface area contributed by atoms with E-state index in [1.54, 1.807) is 29.4 Å². The van der Waals surface area contributed by atoms with E-state index in [0.717, 1.165) is 56.2 Å². The maximum absolute atomic E-state index is 13.1. The van der Waals surface area contributed by atoms with Gasteiger partial charge < -0.3 is 28.8 Å². The Morgan fingerprint density at radius 2 is 1.68 bits per heavy atom. The monoisotopic (exact) mass is 762 g/mol. The van der Waals surface area contributed by atoms with Gasteiger partial charge in [-0.25, -0.2) is 9.97 Å². The van der Waals surface area contributed by atoms with Crippen molar-refractivity contribution < 1.29 is 33.3 Å². The zero-order valence-corrected chi connectivity index (χ0v) is 31.1. The number of hydrogen-bond donors (Lipinski definition) is 1. The number of aromatic amines is 1. The topological polar surface area (TPSA) is 149 Å². The molecule has 1 saturated carbocycles. The lowest BCUT2D eigenvalue weighted by molar-refractivity contribution is -0.150. The first-order valence-corrected chi connectivity index (χ1v) is 18.9. The Labute approximate surface area is 327 Å². The molecular weight excluding hydrogens is 725 g/mol. The Morgan fingerprint density at radius 3 is 2.53 bits per heavy atom. The van der Waals surface area contributed by atoms with Crippen molar-refractivity contribution in [2.75, 3.05) is 26.9 Å². The second kappa shape index (κ2) is 15.4. The first-order valence-electron chi connectivity index (χ1n) is 18.9. The highest BCUT2D eigenvalue weighted by Crippen LogP contribution is 2.33. The van der Waals surface area contributed by atoms with Crippen molar-refractivity contribution in [2.45, 2.75) is 50.5 Å². The van der Waals surface area contributed by atoms with Gasteiger partial charge in [-0.2, -0.15) is 0 Å². The van der Waals surface area contributed by atoms with Gasteiger partial charge >= 0.3 is 0 Å². The van der Waals surface area contributed by atoms with E-state index in [1.807, 2.05) is 48.8 Å². The van der Waals surface area contributed by atoms with E-state index in [9.17, 15) is 14.4 Å². The lowest BCUT2D eigenvalue weighted by Crippen LogP contribution is -2.53. The van der Waals surface area contributed by atoms with Crippen LogP contribution < -0.4 is 14.2 Å². The van der Waals surface area contributed by atoms with Gasteiger partial charge in [-0.1, -0.05) is 24.1 Å². The summed E-state index contributed by atoms with van der Waals surface area (Å²) in [6.07, 6.45) is 9.35. The van der Waals surface area contributed by atoms with E-state index < -0.39 is 6.04 Å². The van der Waals surface area contributed by atoms with E-state index in [4.69, 9.17) is 18.9 Å². The molecule has 0 spiro atoms. The quantitative estimate of drug-likeness (QED) is 0.0989. The first-order chi connectivity index (χ1) is 27.9. The van der Waals surface area contributed by atoms with Crippen LogP contribution in [-0.2, 0) is 20.9 Å². The molecule has 13 nitrogen and oxygen atoms in total. The van der Waals surface area contributed by atoms with Crippen LogP contribution in [0.4, 0.5) is 0 Å². The van der Waals surface area contributed by atoms with Crippen molar-refractivity contribution in [3.8, 4) is 40.3 Å². The molecule has 286 valence electrons. The molecule has 1 atom stereocenters. The van der Waals surface area contributed by atoms with Gasteiger partial charge in [-0.3, -0.25) is 24.3 Å². The molecule has 1 saturated heterocycles. The number of fused-ring (bicyclic) bond motifs is 4. The Morgan fingerprint density at radius 1 is 0.825 bits per heavy atom. The number of likely N-dealkylation sites (tertiary alicyclic amines) is 1. The molecule has 0 radical (unpaired) electrons. The van der Waals surface area contributed by atoms with Crippen molar-refractivity contribution in [1.29, 1.82) is 0 Å². The number of rotatable bonds is 11. The zero-order chi connectivity index (χ0) is 38.9. The Bertz CT molecular complexity index is 2550. The fraction of sp³-hybridized carbons (Fsp3) is 0.273. The molecule has 3 aliphatic rings. The molecule has 1 aliphatic carbocycles. The number of carbonyl (C=O) groups is 3. The summed E-state index contributed by atoms with van der Waals surface area (Å²) in [5.41, 5.74) is 6.16. The molecule has 6 aromatic rings. The zero-order valence-electron chi connectivity index (χ0n) is 31.1. The number of piperidine rings is 1. The largest absolute Gasteiger partial charge is 0.491 e. The normalized spacial score (nSPS) is 19.0. The molecule has 4 aromatic heterocycles. The van der Waals surface area contributed by atoms with Gasteiger partial charge in [0, 0.05) is 90.4 Å². The average Bonchev–Trinajstić information content (AvgIpc) is 3.76. The highest BCUT2D eigenvalue weighted by atomic mass is 16.5. The molecule has 9 rings (SSSR count). The molecule has 1 unspecified atom stereocenters. The molecule has 0 bridgehead atoms. The molecule has 6 heterocycles. The number of benzene rings is 2. The van der Waals surface area contributed by atoms with E-state index >= 15 is 0 Å².